The summed E-state index contributed by atoms with van der Waals surface area (Å²) >= 11 is 0. The van der Waals surface area contributed by atoms with Crippen LogP contribution in [0.3, 0.4) is 0 Å². The molecule has 0 radical (unpaired) electrons. The molecule has 1 aromatic heterocycles. The third-order valence-corrected chi connectivity index (χ3v) is 4.97. The summed E-state index contributed by atoms with van der Waals surface area (Å²) in [6, 6.07) is 15.1. The third kappa shape index (κ3) is 3.05. The van der Waals surface area contributed by atoms with E-state index in [9.17, 15) is 5.11 Å². The van der Waals surface area contributed by atoms with Gasteiger partial charge in [-0.2, -0.15) is 15.4 Å². The Bertz CT molecular complexity index is 817. The van der Waals surface area contributed by atoms with Crippen LogP contribution in [0.1, 0.15) is 24.1 Å². The van der Waals surface area contributed by atoms with Crippen LogP contribution in [-0.2, 0) is 12.0 Å². The second-order valence-electron chi connectivity index (χ2n) is 6.70. The molecule has 0 saturated carbocycles. The molecule has 0 bridgehead atoms. The van der Waals surface area contributed by atoms with Crippen LogP contribution in [0.5, 0.6) is 0 Å². The van der Waals surface area contributed by atoms with Gasteiger partial charge in [-0.25, -0.2) is 0 Å². The molecule has 1 aliphatic rings. The van der Waals surface area contributed by atoms with E-state index >= 15 is 0 Å². The fraction of sp³-hybridized carbons (Fsp3) is 0.368. The first-order valence-electron chi connectivity index (χ1n) is 8.52. The second kappa shape index (κ2) is 6.34. The van der Waals surface area contributed by atoms with Gasteiger partial charge in [0.05, 0.1) is 6.20 Å². The fourth-order valence-corrected chi connectivity index (χ4v) is 3.63. The molecule has 0 amide bonds. The molecule has 4 rings (SSSR count). The number of aromatic amines is 1. The molecule has 2 heterocycles. The summed E-state index contributed by atoms with van der Waals surface area (Å²) in [6.07, 6.45) is 4.33. The van der Waals surface area contributed by atoms with Gasteiger partial charge in [-0.05, 0) is 42.1 Å². The smallest absolute Gasteiger partial charge is 0.123 e. The Balaban J connectivity index is 1.43. The van der Waals surface area contributed by atoms with Gasteiger partial charge in [-0.1, -0.05) is 42.5 Å². The molecule has 5 nitrogen and oxygen atoms in total. The molecule has 1 fully saturated rings. The first kappa shape index (κ1) is 15.3. The van der Waals surface area contributed by atoms with Gasteiger partial charge < -0.3 is 5.11 Å². The van der Waals surface area contributed by atoms with Gasteiger partial charge in [0, 0.05) is 13.1 Å². The Kier molecular flexibility index (Phi) is 4.04. The summed E-state index contributed by atoms with van der Waals surface area (Å²) in [6.45, 7) is 2.58. The van der Waals surface area contributed by atoms with Gasteiger partial charge in [-0.15, -0.1) is 0 Å². The average molecular weight is 322 g/mol. The number of aromatic nitrogens is 3. The standard InChI is InChI=1S/C19H22N4O/c24-19(18-13-20-22-21-18)9-3-10-23(14-19)11-8-15-6-7-16-4-1-2-5-17(16)12-15/h1-2,4-7,12-13,24H,3,8-11,14H2,(H,20,21,22)/t19-/m0/s1. The lowest BCUT2D eigenvalue weighted by atomic mass is 9.90. The number of H-pyrrole nitrogens is 1. The van der Waals surface area contributed by atoms with Crippen molar-refractivity contribution >= 4 is 10.8 Å². The number of piperidine rings is 1. The zero-order valence-corrected chi connectivity index (χ0v) is 13.7. The van der Waals surface area contributed by atoms with Crippen molar-refractivity contribution in [3.63, 3.8) is 0 Å². The van der Waals surface area contributed by atoms with Gasteiger partial charge in [-0.3, -0.25) is 4.90 Å². The normalized spacial score (nSPS) is 22.0. The molecule has 1 aliphatic heterocycles. The minimum Gasteiger partial charge on any atom is -0.382 e. The van der Waals surface area contributed by atoms with Crippen LogP contribution in [0.15, 0.2) is 48.7 Å². The maximum Gasteiger partial charge on any atom is 0.123 e. The van der Waals surface area contributed by atoms with Crippen LogP contribution in [-0.4, -0.2) is 45.1 Å². The molecule has 1 saturated heterocycles. The highest BCUT2D eigenvalue weighted by Crippen LogP contribution is 2.29. The predicted octanol–water partition coefficient (Wildman–Crippen LogP) is 2.48. The number of likely N-dealkylation sites (tertiary alicyclic amines) is 1. The molecule has 124 valence electrons. The molecule has 0 unspecified atom stereocenters. The Morgan fingerprint density at radius 1 is 1.17 bits per heavy atom. The summed E-state index contributed by atoms with van der Waals surface area (Å²) < 4.78 is 0. The van der Waals surface area contributed by atoms with Gasteiger partial charge in [0.15, 0.2) is 0 Å². The third-order valence-electron chi connectivity index (χ3n) is 4.97. The monoisotopic (exact) mass is 322 g/mol. The fourth-order valence-electron chi connectivity index (χ4n) is 3.63. The highest BCUT2D eigenvalue weighted by molar-refractivity contribution is 5.82. The molecule has 2 aromatic carbocycles. The molecule has 5 heteroatoms. The minimum absolute atomic E-state index is 0.618. The van der Waals surface area contributed by atoms with Crippen molar-refractivity contribution in [1.29, 1.82) is 0 Å². The van der Waals surface area contributed by atoms with Crippen LogP contribution in [0.4, 0.5) is 0 Å². The topological polar surface area (TPSA) is 65.0 Å². The van der Waals surface area contributed by atoms with E-state index in [2.05, 4.69) is 62.8 Å². The van der Waals surface area contributed by atoms with Crippen molar-refractivity contribution in [1.82, 2.24) is 20.3 Å². The largest absolute Gasteiger partial charge is 0.382 e. The van der Waals surface area contributed by atoms with E-state index in [-0.39, 0.29) is 0 Å². The van der Waals surface area contributed by atoms with E-state index in [0.717, 1.165) is 32.4 Å². The molecular formula is C19H22N4O. The Morgan fingerprint density at radius 3 is 2.88 bits per heavy atom. The SMILES string of the molecule is O[C@@]1(c2cn[nH]n2)CCCN(CCc2ccc3ccccc3c2)C1. The number of aliphatic hydroxyl groups is 1. The highest BCUT2D eigenvalue weighted by atomic mass is 16.3. The number of nitrogens with zero attached hydrogens (tertiary/aromatic N) is 3. The first-order chi connectivity index (χ1) is 11.7. The molecule has 2 N–H and O–H groups in total. The number of rotatable bonds is 4. The first-order valence-corrected chi connectivity index (χ1v) is 8.52. The van der Waals surface area contributed by atoms with Crippen molar-refractivity contribution in [2.75, 3.05) is 19.6 Å². The highest BCUT2D eigenvalue weighted by Gasteiger charge is 2.36. The summed E-state index contributed by atoms with van der Waals surface area (Å²) in [4.78, 5) is 2.33. The number of β-amino-alcohol motifs (C(OH)–C–C–N with tert-alkyl or cyclic N) is 1. The van der Waals surface area contributed by atoms with Crippen LogP contribution in [0.25, 0.3) is 10.8 Å². The van der Waals surface area contributed by atoms with Crippen LogP contribution in [0.2, 0.25) is 0 Å². The van der Waals surface area contributed by atoms with E-state index in [1.54, 1.807) is 6.20 Å². The van der Waals surface area contributed by atoms with E-state index in [0.29, 0.717) is 12.2 Å². The Labute approximate surface area is 141 Å². The van der Waals surface area contributed by atoms with Crippen molar-refractivity contribution in [2.45, 2.75) is 24.9 Å². The zero-order chi connectivity index (χ0) is 16.4. The number of fused-ring (bicyclic) bond motifs is 1. The van der Waals surface area contributed by atoms with Gasteiger partial charge in [0.2, 0.25) is 0 Å². The zero-order valence-electron chi connectivity index (χ0n) is 13.7. The number of hydrogen-bond acceptors (Lipinski definition) is 4. The molecule has 24 heavy (non-hydrogen) atoms. The van der Waals surface area contributed by atoms with Crippen LogP contribution in [0, 0.1) is 0 Å². The van der Waals surface area contributed by atoms with Gasteiger partial charge in [0.25, 0.3) is 0 Å². The number of nitrogens with one attached hydrogen (secondary N) is 1. The molecule has 0 spiro atoms. The van der Waals surface area contributed by atoms with Gasteiger partial charge >= 0.3 is 0 Å². The van der Waals surface area contributed by atoms with E-state index < -0.39 is 5.60 Å². The van der Waals surface area contributed by atoms with Crippen molar-refractivity contribution < 1.29 is 5.11 Å². The average Bonchev–Trinajstić information content (AvgIpc) is 3.16. The second-order valence-corrected chi connectivity index (χ2v) is 6.70. The lowest BCUT2D eigenvalue weighted by Crippen LogP contribution is -2.46. The summed E-state index contributed by atoms with van der Waals surface area (Å²) in [5, 5.41) is 24.0. The maximum atomic E-state index is 10.9. The summed E-state index contributed by atoms with van der Waals surface area (Å²) in [7, 11) is 0. The quantitative estimate of drug-likeness (QED) is 0.774. The lowest BCUT2D eigenvalue weighted by Gasteiger charge is -2.38. The predicted molar refractivity (Wildman–Crippen MR) is 93.6 cm³/mol. The molecule has 0 aliphatic carbocycles. The number of hydrogen-bond donors (Lipinski definition) is 2. The number of benzene rings is 2. The van der Waals surface area contributed by atoms with Gasteiger partial charge in [0.1, 0.15) is 11.3 Å². The summed E-state index contributed by atoms with van der Waals surface area (Å²) in [5.74, 6) is 0. The lowest BCUT2D eigenvalue weighted by molar-refractivity contribution is -0.0385. The summed E-state index contributed by atoms with van der Waals surface area (Å²) in [5.41, 5.74) is 1.11. The van der Waals surface area contributed by atoms with Crippen molar-refractivity contribution in [3.8, 4) is 0 Å². The minimum atomic E-state index is -0.880. The van der Waals surface area contributed by atoms with E-state index in [1.807, 2.05) is 0 Å². The molecule has 1 atom stereocenters. The van der Waals surface area contributed by atoms with E-state index in [1.165, 1.54) is 16.3 Å². The van der Waals surface area contributed by atoms with Crippen molar-refractivity contribution in [3.05, 3.63) is 59.9 Å². The van der Waals surface area contributed by atoms with Crippen molar-refractivity contribution in [2.24, 2.45) is 0 Å². The van der Waals surface area contributed by atoms with Crippen LogP contribution < -0.4 is 0 Å². The Morgan fingerprint density at radius 2 is 2.04 bits per heavy atom. The van der Waals surface area contributed by atoms with E-state index in [4.69, 9.17) is 0 Å². The maximum absolute atomic E-state index is 10.9. The Hall–Kier alpha value is -2.24. The van der Waals surface area contributed by atoms with Crippen LogP contribution >= 0.6 is 0 Å². The molecular weight excluding hydrogens is 300 g/mol. The molecule has 3 aromatic rings.